The number of fused-ring (bicyclic) bond motifs is 1. The summed E-state index contributed by atoms with van der Waals surface area (Å²) in [6, 6.07) is 1.92. The number of rotatable bonds is 1. The van der Waals surface area contributed by atoms with Crippen LogP contribution in [-0.2, 0) is 0 Å². The van der Waals surface area contributed by atoms with Crippen molar-refractivity contribution >= 4 is 28.8 Å². The molecule has 4 heteroatoms. The molecule has 1 fully saturated rings. The summed E-state index contributed by atoms with van der Waals surface area (Å²) in [7, 11) is 0. The number of nitrogens with one attached hydrogen (secondary N) is 1. The van der Waals surface area contributed by atoms with Gasteiger partial charge >= 0.3 is 0 Å². The van der Waals surface area contributed by atoms with E-state index < -0.39 is 0 Å². The van der Waals surface area contributed by atoms with Gasteiger partial charge in [-0.2, -0.15) is 0 Å². The van der Waals surface area contributed by atoms with Crippen LogP contribution in [0.25, 0.3) is 5.57 Å². The molecule has 1 aliphatic carbocycles. The number of hydrogen-bond donors (Lipinski definition) is 1. The van der Waals surface area contributed by atoms with Crippen LogP contribution in [0.1, 0.15) is 12.0 Å². The molecule has 0 unspecified atom stereocenters. The number of pyridine rings is 1. The lowest BCUT2D eigenvalue weighted by atomic mass is 9.91. The molecule has 3 rings (SSSR count). The summed E-state index contributed by atoms with van der Waals surface area (Å²) >= 11 is 11.8. The normalized spacial score (nSPS) is 28.0. The van der Waals surface area contributed by atoms with E-state index in [1.54, 1.807) is 0 Å². The van der Waals surface area contributed by atoms with E-state index in [0.717, 1.165) is 31.0 Å². The minimum absolute atomic E-state index is 0.380. The molecule has 1 saturated heterocycles. The van der Waals surface area contributed by atoms with Crippen molar-refractivity contribution in [3.8, 4) is 0 Å². The molecule has 16 heavy (non-hydrogen) atoms. The fourth-order valence-corrected chi connectivity index (χ4v) is 2.96. The number of hydrogen-bond acceptors (Lipinski definition) is 2. The molecule has 2 heterocycles. The summed E-state index contributed by atoms with van der Waals surface area (Å²) in [5.41, 5.74) is 2.49. The maximum atomic E-state index is 6.00. The van der Waals surface area contributed by atoms with Crippen LogP contribution in [0, 0.1) is 11.8 Å². The highest BCUT2D eigenvalue weighted by molar-refractivity contribution is 6.41. The van der Waals surface area contributed by atoms with E-state index in [4.69, 9.17) is 23.2 Å². The SMILES string of the molecule is Clc1cc(C2=CC[C@@H]3CNC[C@H]23)cnc1Cl. The van der Waals surface area contributed by atoms with Crippen molar-refractivity contribution in [3.63, 3.8) is 0 Å². The Morgan fingerprint density at radius 3 is 3.00 bits per heavy atom. The van der Waals surface area contributed by atoms with Gasteiger partial charge in [0.05, 0.1) is 5.02 Å². The molecule has 0 amide bonds. The van der Waals surface area contributed by atoms with Crippen LogP contribution in [0.4, 0.5) is 0 Å². The first kappa shape index (κ1) is 10.6. The van der Waals surface area contributed by atoms with E-state index in [0.29, 0.717) is 16.1 Å². The maximum absolute atomic E-state index is 6.00. The smallest absolute Gasteiger partial charge is 0.147 e. The fourth-order valence-electron chi connectivity index (χ4n) is 2.69. The Morgan fingerprint density at radius 2 is 2.19 bits per heavy atom. The molecule has 84 valence electrons. The monoisotopic (exact) mass is 254 g/mol. The molecule has 0 radical (unpaired) electrons. The second-order valence-corrected chi connectivity index (χ2v) is 5.18. The average molecular weight is 255 g/mol. The van der Waals surface area contributed by atoms with Crippen LogP contribution >= 0.6 is 23.2 Å². The zero-order valence-corrected chi connectivity index (χ0v) is 10.2. The van der Waals surface area contributed by atoms with Gasteiger partial charge in [0.2, 0.25) is 0 Å². The topological polar surface area (TPSA) is 24.9 Å². The maximum Gasteiger partial charge on any atom is 0.147 e. The van der Waals surface area contributed by atoms with Crippen molar-refractivity contribution in [1.29, 1.82) is 0 Å². The fraction of sp³-hybridized carbons (Fsp3) is 0.417. The predicted molar refractivity (Wildman–Crippen MR) is 66.7 cm³/mol. The lowest BCUT2D eigenvalue weighted by molar-refractivity contribution is 0.542. The van der Waals surface area contributed by atoms with Crippen LogP contribution in [0.2, 0.25) is 10.2 Å². The minimum atomic E-state index is 0.380. The average Bonchev–Trinajstić information content (AvgIpc) is 2.83. The van der Waals surface area contributed by atoms with Gasteiger partial charge in [-0.05, 0) is 36.1 Å². The van der Waals surface area contributed by atoms with Gasteiger partial charge in [-0.15, -0.1) is 0 Å². The van der Waals surface area contributed by atoms with Crippen LogP contribution < -0.4 is 5.32 Å². The van der Waals surface area contributed by atoms with Gasteiger partial charge in [-0.25, -0.2) is 4.98 Å². The van der Waals surface area contributed by atoms with E-state index in [2.05, 4.69) is 16.4 Å². The van der Waals surface area contributed by atoms with Gasteiger partial charge in [-0.3, -0.25) is 0 Å². The molecule has 0 spiro atoms. The molecular weight excluding hydrogens is 243 g/mol. The van der Waals surface area contributed by atoms with Crippen LogP contribution in [0.15, 0.2) is 18.3 Å². The van der Waals surface area contributed by atoms with E-state index in [-0.39, 0.29) is 0 Å². The number of allylic oxidation sites excluding steroid dienone is 1. The highest BCUT2D eigenvalue weighted by atomic mass is 35.5. The lowest BCUT2D eigenvalue weighted by Crippen LogP contribution is -2.10. The summed E-state index contributed by atoms with van der Waals surface area (Å²) < 4.78 is 0. The second kappa shape index (κ2) is 4.02. The summed E-state index contributed by atoms with van der Waals surface area (Å²) in [5.74, 6) is 1.38. The molecule has 1 aromatic heterocycles. The Bertz CT molecular complexity index is 456. The third kappa shape index (κ3) is 1.65. The zero-order chi connectivity index (χ0) is 11.1. The third-order valence-electron chi connectivity index (χ3n) is 3.51. The first-order chi connectivity index (χ1) is 7.75. The van der Waals surface area contributed by atoms with Gasteiger partial charge in [0.1, 0.15) is 5.15 Å². The van der Waals surface area contributed by atoms with Crippen molar-refractivity contribution < 1.29 is 0 Å². The molecule has 0 bridgehead atoms. The van der Waals surface area contributed by atoms with E-state index in [1.807, 2.05) is 12.3 Å². The Labute approximate surface area is 105 Å². The van der Waals surface area contributed by atoms with Gasteiger partial charge in [0.15, 0.2) is 0 Å². The number of nitrogens with zero attached hydrogens (tertiary/aromatic N) is 1. The Morgan fingerprint density at radius 1 is 1.31 bits per heavy atom. The van der Waals surface area contributed by atoms with E-state index >= 15 is 0 Å². The molecule has 0 saturated carbocycles. The molecule has 2 nitrogen and oxygen atoms in total. The van der Waals surface area contributed by atoms with Crippen molar-refractivity contribution in [2.45, 2.75) is 6.42 Å². The summed E-state index contributed by atoms with van der Waals surface area (Å²) in [4.78, 5) is 4.11. The zero-order valence-electron chi connectivity index (χ0n) is 8.71. The quantitative estimate of drug-likeness (QED) is 0.780. The number of halogens is 2. The first-order valence-corrected chi connectivity index (χ1v) is 6.23. The predicted octanol–water partition coefficient (Wildman–Crippen LogP) is 3.01. The lowest BCUT2D eigenvalue weighted by Gasteiger charge is -2.13. The van der Waals surface area contributed by atoms with E-state index in [1.165, 1.54) is 5.57 Å². The van der Waals surface area contributed by atoms with Crippen molar-refractivity contribution in [2.75, 3.05) is 13.1 Å². The molecule has 1 aliphatic heterocycles. The molecule has 2 atom stereocenters. The van der Waals surface area contributed by atoms with Crippen LogP contribution in [-0.4, -0.2) is 18.1 Å². The Balaban J connectivity index is 1.95. The highest BCUT2D eigenvalue weighted by Crippen LogP contribution is 2.40. The highest BCUT2D eigenvalue weighted by Gasteiger charge is 2.34. The largest absolute Gasteiger partial charge is 0.316 e. The Hall–Kier alpha value is -0.570. The molecular formula is C12H12Cl2N2. The standard InChI is InChI=1S/C12H12Cl2N2/c13-11-3-8(5-16-12(11)14)9-2-1-7-4-15-6-10(7)9/h2-3,5,7,10,15H,1,4,6H2/t7-,10+/m1/s1. The first-order valence-electron chi connectivity index (χ1n) is 5.48. The van der Waals surface area contributed by atoms with E-state index in [9.17, 15) is 0 Å². The summed E-state index contributed by atoms with van der Waals surface area (Å²) in [6.45, 7) is 2.19. The summed E-state index contributed by atoms with van der Waals surface area (Å²) in [5, 5.41) is 4.35. The van der Waals surface area contributed by atoms with Crippen LogP contribution in [0.3, 0.4) is 0 Å². The minimum Gasteiger partial charge on any atom is -0.316 e. The van der Waals surface area contributed by atoms with Gasteiger partial charge in [0.25, 0.3) is 0 Å². The summed E-state index contributed by atoms with van der Waals surface area (Å²) in [6.07, 6.45) is 5.30. The molecule has 1 N–H and O–H groups in total. The van der Waals surface area contributed by atoms with Crippen molar-refractivity contribution in [3.05, 3.63) is 34.1 Å². The Kier molecular flexibility index (Phi) is 2.66. The van der Waals surface area contributed by atoms with Gasteiger partial charge in [0, 0.05) is 18.7 Å². The van der Waals surface area contributed by atoms with Crippen molar-refractivity contribution in [1.82, 2.24) is 10.3 Å². The third-order valence-corrected chi connectivity index (χ3v) is 4.20. The van der Waals surface area contributed by atoms with Gasteiger partial charge < -0.3 is 5.32 Å². The molecule has 1 aromatic rings. The van der Waals surface area contributed by atoms with Crippen LogP contribution in [0.5, 0.6) is 0 Å². The molecule has 0 aromatic carbocycles. The number of aromatic nitrogens is 1. The second-order valence-electron chi connectivity index (χ2n) is 4.42. The van der Waals surface area contributed by atoms with Crippen molar-refractivity contribution in [2.24, 2.45) is 11.8 Å². The van der Waals surface area contributed by atoms with Gasteiger partial charge in [-0.1, -0.05) is 29.3 Å². The molecule has 2 aliphatic rings.